The van der Waals surface area contributed by atoms with Crippen molar-refractivity contribution in [1.29, 1.82) is 0 Å². The van der Waals surface area contributed by atoms with Crippen molar-refractivity contribution in [3.8, 4) is 0 Å². The van der Waals surface area contributed by atoms with Gasteiger partial charge in [-0.2, -0.15) is 0 Å². The molecule has 0 aromatic carbocycles. The van der Waals surface area contributed by atoms with Crippen LogP contribution in [0.25, 0.3) is 0 Å². The Hall–Kier alpha value is 0.0439. The Labute approximate surface area is 85.1 Å². The van der Waals surface area contributed by atoms with Crippen LogP contribution in [0.5, 0.6) is 0 Å². The Morgan fingerprint density at radius 3 is 1.60 bits per heavy atom. The molecule has 0 atom stereocenters. The summed E-state index contributed by atoms with van der Waals surface area (Å²) >= 11 is 0. The molecule has 0 aromatic rings. The molecule has 0 rings (SSSR count). The summed E-state index contributed by atoms with van der Waals surface area (Å²) in [6.45, 7) is 2.54. The molecule has 0 aliphatic rings. The van der Waals surface area contributed by atoms with Gasteiger partial charge < -0.3 is 14.3 Å². The number of hydrogen-bond acceptors (Lipinski definition) is 4. The summed E-state index contributed by atoms with van der Waals surface area (Å²) in [5, 5.41) is 0. The average molecular weight is 222 g/mol. The fourth-order valence-corrected chi connectivity index (χ4v) is 0. The minimum absolute atomic E-state index is 0. The topological polar surface area (TPSA) is 52.6 Å². The van der Waals surface area contributed by atoms with Crippen LogP contribution < -0.4 is 0 Å². The minimum atomic E-state index is -0.245. The van der Waals surface area contributed by atoms with E-state index in [2.05, 4.69) is 9.47 Å². The van der Waals surface area contributed by atoms with Crippen LogP contribution in [0.3, 0.4) is 0 Å². The van der Waals surface area contributed by atoms with Crippen molar-refractivity contribution in [2.24, 2.45) is 0 Å². The van der Waals surface area contributed by atoms with Crippen LogP contribution in [0.1, 0.15) is 6.92 Å². The number of esters is 1. The van der Waals surface area contributed by atoms with Gasteiger partial charge in [-0.1, -0.05) is 6.47 Å². The quantitative estimate of drug-likeness (QED) is 0.458. The molecule has 1 radical (unpaired) electrons. The Balaban J connectivity index is -0.0000000910. The van der Waals surface area contributed by atoms with Gasteiger partial charge in [0.25, 0.3) is 0 Å². The maximum Gasteiger partial charge on any atom is 0.302 e. The first-order valence-electron chi connectivity index (χ1n) is 2.13. The van der Waals surface area contributed by atoms with E-state index in [9.17, 15) is 4.79 Å². The fourth-order valence-electron chi connectivity index (χ4n) is 0. The second-order valence-corrected chi connectivity index (χ2v) is 0.983. The predicted molar refractivity (Wildman–Crippen MR) is 30.4 cm³/mol. The van der Waals surface area contributed by atoms with E-state index >= 15 is 0 Å². The maximum atomic E-state index is 9.59. The van der Waals surface area contributed by atoms with E-state index in [0.717, 1.165) is 0 Å². The molecule has 0 N–H and O–H groups in total. The largest absolute Gasteiger partial charge is 0.655 e. The summed E-state index contributed by atoms with van der Waals surface area (Å²) in [5.74, 6) is -0.245. The number of hydrogen-bond donors (Lipinski definition) is 0. The average Bonchev–Trinajstić information content (AvgIpc) is 1.89. The third-order valence-electron chi connectivity index (χ3n) is 0.371. The maximum absolute atomic E-state index is 9.59. The second-order valence-electron chi connectivity index (χ2n) is 0.983. The summed E-state index contributed by atoms with van der Waals surface area (Å²) in [4.78, 5) is 18.4. The van der Waals surface area contributed by atoms with E-state index in [4.69, 9.17) is 4.79 Å². The van der Waals surface area contributed by atoms with Gasteiger partial charge in [0, 0.05) is 46.7 Å². The number of ether oxygens (including phenoxy) is 2. The zero-order chi connectivity index (χ0) is 7.70. The first-order valence-corrected chi connectivity index (χ1v) is 2.13. The predicted octanol–water partition coefficient (Wildman–Crippen LogP) is -0.123. The molecule has 0 fully saturated rings. The Bertz CT molecular complexity index is 83.7. The third kappa shape index (κ3) is 43.1. The number of carbonyl (C=O) groups excluding carboxylic acids is 2. The van der Waals surface area contributed by atoms with Crippen molar-refractivity contribution in [2.45, 2.75) is 6.92 Å². The summed E-state index contributed by atoms with van der Waals surface area (Å²) in [5.41, 5.74) is 0. The van der Waals surface area contributed by atoms with Crippen LogP contribution in [0.4, 0.5) is 0 Å². The fraction of sp³-hybridized carbons (Fsp3) is 0.600. The van der Waals surface area contributed by atoms with Gasteiger partial charge in [-0.15, -0.1) is 0 Å². The van der Waals surface area contributed by atoms with E-state index in [0.29, 0.717) is 0 Å². The van der Waals surface area contributed by atoms with Crippen molar-refractivity contribution in [2.75, 3.05) is 14.2 Å². The molecule has 10 heavy (non-hydrogen) atoms. The van der Waals surface area contributed by atoms with Crippen molar-refractivity contribution in [3.05, 3.63) is 0 Å². The van der Waals surface area contributed by atoms with Gasteiger partial charge in [-0.3, -0.25) is 4.79 Å². The van der Waals surface area contributed by atoms with Gasteiger partial charge in [-0.25, -0.2) is 0 Å². The normalized spacial score (nSPS) is 5.50. The molecule has 0 unspecified atom stereocenters. The zero-order valence-corrected chi connectivity index (χ0v) is 9.05. The van der Waals surface area contributed by atoms with Crippen molar-refractivity contribution in [3.63, 3.8) is 0 Å². The monoisotopic (exact) mass is 222 g/mol. The molecule has 0 saturated heterocycles. The summed E-state index contributed by atoms with van der Waals surface area (Å²) < 4.78 is 7.85. The summed E-state index contributed by atoms with van der Waals surface area (Å²) in [7, 11) is 2.61. The van der Waals surface area contributed by atoms with Gasteiger partial charge in [-0.05, 0) is 0 Å². The second kappa shape index (κ2) is 16.0. The standard InChI is InChI=1S/C3H6O2.C2H3O2.Y/c1-3(4)5-2;1-4-2-3;/h1-2H3;1H3;/q;-1;. The molecule has 4 nitrogen and oxygen atoms in total. The molecule has 0 saturated carbocycles. The Kier molecular flexibility index (Phi) is 26.5. The summed E-state index contributed by atoms with van der Waals surface area (Å²) in [6, 6.07) is 0. The SMILES string of the molecule is COC(C)=O.CO[C-]=O.[Y]. The first kappa shape index (κ1) is 16.6. The molecule has 0 aliphatic heterocycles. The molecule has 5 heteroatoms. The summed E-state index contributed by atoms with van der Waals surface area (Å²) in [6.07, 6.45) is 0. The van der Waals surface area contributed by atoms with Crippen LogP contribution in [-0.2, 0) is 51.8 Å². The van der Waals surface area contributed by atoms with E-state index in [1.807, 2.05) is 0 Å². The van der Waals surface area contributed by atoms with Gasteiger partial charge in [0.1, 0.15) is 0 Å². The molecule has 0 heterocycles. The number of rotatable bonds is 1. The van der Waals surface area contributed by atoms with Gasteiger partial charge >= 0.3 is 5.97 Å². The van der Waals surface area contributed by atoms with E-state index in [-0.39, 0.29) is 38.7 Å². The third-order valence-corrected chi connectivity index (χ3v) is 0.371. The minimum Gasteiger partial charge on any atom is -0.655 e. The molecule has 0 spiro atoms. The molecule has 0 aromatic heterocycles. The van der Waals surface area contributed by atoms with Crippen LogP contribution >= 0.6 is 0 Å². The van der Waals surface area contributed by atoms with Crippen molar-refractivity contribution >= 4 is 12.4 Å². The molecule has 57 valence electrons. The van der Waals surface area contributed by atoms with Crippen LogP contribution in [-0.4, -0.2) is 26.7 Å². The van der Waals surface area contributed by atoms with Gasteiger partial charge in [0.05, 0.1) is 7.11 Å². The molecule has 0 amide bonds. The number of methoxy groups -OCH3 is 2. The van der Waals surface area contributed by atoms with Crippen LogP contribution in [0, 0.1) is 0 Å². The molecule has 0 bridgehead atoms. The van der Waals surface area contributed by atoms with Crippen LogP contribution in [0.2, 0.25) is 0 Å². The van der Waals surface area contributed by atoms with E-state index in [1.54, 1.807) is 0 Å². The number of carbonyl (C=O) groups is 1. The van der Waals surface area contributed by atoms with Crippen molar-refractivity contribution < 1.29 is 51.8 Å². The van der Waals surface area contributed by atoms with Gasteiger partial charge in [0.15, 0.2) is 0 Å². The first-order chi connectivity index (χ1) is 4.18. The Morgan fingerprint density at radius 1 is 1.40 bits per heavy atom. The Morgan fingerprint density at radius 2 is 1.60 bits per heavy atom. The molecular formula is C5H9O4Y-. The zero-order valence-electron chi connectivity index (χ0n) is 6.21. The smallest absolute Gasteiger partial charge is 0.302 e. The van der Waals surface area contributed by atoms with Crippen LogP contribution in [0.15, 0.2) is 0 Å². The molecular weight excluding hydrogens is 213 g/mol. The van der Waals surface area contributed by atoms with E-state index in [1.165, 1.54) is 27.6 Å². The van der Waals surface area contributed by atoms with Crippen molar-refractivity contribution in [1.82, 2.24) is 0 Å². The van der Waals surface area contributed by atoms with E-state index < -0.39 is 0 Å². The van der Waals surface area contributed by atoms with Gasteiger partial charge in [0.2, 0.25) is 0 Å². The molecule has 0 aliphatic carbocycles.